The minimum atomic E-state index is -0.675. The first-order chi connectivity index (χ1) is 10.6. The number of nitrogens with one attached hydrogen (secondary N) is 2. The fraction of sp³-hybridized carbons (Fsp3) is 0. The summed E-state index contributed by atoms with van der Waals surface area (Å²) in [5.74, 6) is 8.44. The van der Waals surface area contributed by atoms with Crippen LogP contribution in [0.2, 0.25) is 0 Å². The lowest BCUT2D eigenvalue weighted by Gasteiger charge is -2.12. The predicted molar refractivity (Wildman–Crippen MR) is 79.6 cm³/mol. The highest BCUT2D eigenvalue weighted by Gasteiger charge is 2.24. The fourth-order valence-electron chi connectivity index (χ4n) is 2.06. The van der Waals surface area contributed by atoms with Gasteiger partial charge < -0.3 is 0 Å². The molecule has 0 aromatic heterocycles. The monoisotopic (exact) mass is 298 g/mol. The summed E-state index contributed by atoms with van der Waals surface area (Å²) in [5, 5.41) is 0. The largest absolute Gasteiger partial charge is 0.290 e. The van der Waals surface area contributed by atoms with Crippen LogP contribution in [0.15, 0.2) is 48.5 Å². The van der Waals surface area contributed by atoms with Gasteiger partial charge in [-0.05, 0) is 12.1 Å². The van der Waals surface area contributed by atoms with Crippen LogP contribution in [0.4, 0.5) is 0 Å². The van der Waals surface area contributed by atoms with Gasteiger partial charge in [-0.1, -0.05) is 36.4 Å². The van der Waals surface area contributed by atoms with E-state index in [0.717, 1.165) is 0 Å². The number of carbonyl (C=O) groups is 3. The fourth-order valence-corrected chi connectivity index (χ4v) is 2.06. The highest BCUT2D eigenvalue weighted by atomic mass is 16.2. The van der Waals surface area contributed by atoms with Gasteiger partial charge in [0.2, 0.25) is 0 Å². The van der Waals surface area contributed by atoms with E-state index in [0.29, 0.717) is 5.56 Å². The highest BCUT2D eigenvalue weighted by Crippen LogP contribution is 2.19. The van der Waals surface area contributed by atoms with Gasteiger partial charge in [-0.3, -0.25) is 25.2 Å². The molecule has 0 aliphatic rings. The molecule has 0 saturated heterocycles. The van der Waals surface area contributed by atoms with E-state index in [9.17, 15) is 14.4 Å². The Morgan fingerprint density at radius 3 is 1.68 bits per heavy atom. The molecule has 0 aliphatic carbocycles. The zero-order valence-electron chi connectivity index (χ0n) is 11.5. The zero-order chi connectivity index (χ0) is 16.1. The van der Waals surface area contributed by atoms with Crippen molar-refractivity contribution in [3.05, 3.63) is 70.8 Å². The maximum atomic E-state index is 12.7. The Kier molecular flexibility index (Phi) is 4.62. The Balaban J connectivity index is 2.67. The Labute approximate surface area is 126 Å². The summed E-state index contributed by atoms with van der Waals surface area (Å²) in [6.07, 6.45) is 0. The molecule has 2 aromatic carbocycles. The van der Waals surface area contributed by atoms with Crippen molar-refractivity contribution >= 4 is 17.6 Å². The molecule has 2 rings (SSSR count). The van der Waals surface area contributed by atoms with Crippen LogP contribution in [0.1, 0.15) is 36.6 Å². The van der Waals surface area contributed by atoms with Gasteiger partial charge >= 0.3 is 0 Å². The maximum Gasteiger partial charge on any atom is 0.265 e. The molecular weight excluding hydrogens is 284 g/mol. The number of rotatable bonds is 4. The zero-order valence-corrected chi connectivity index (χ0v) is 11.5. The number of hydrogen-bond acceptors (Lipinski definition) is 5. The Morgan fingerprint density at radius 1 is 0.727 bits per heavy atom. The lowest BCUT2D eigenvalue weighted by atomic mass is 9.93. The number of amides is 2. The predicted octanol–water partition coefficient (Wildman–Crippen LogP) is 0.125. The topological polar surface area (TPSA) is 127 Å². The Morgan fingerprint density at radius 2 is 1.23 bits per heavy atom. The molecule has 0 atom stereocenters. The number of nitrogen functional groups attached to an aromatic ring is 2. The molecule has 22 heavy (non-hydrogen) atoms. The first-order valence-electron chi connectivity index (χ1n) is 6.34. The third-order valence-electron chi connectivity index (χ3n) is 3.08. The normalized spacial score (nSPS) is 9.91. The third kappa shape index (κ3) is 2.85. The van der Waals surface area contributed by atoms with Crippen molar-refractivity contribution in [2.24, 2.45) is 11.7 Å². The average molecular weight is 298 g/mol. The first-order valence-corrected chi connectivity index (χ1v) is 6.34. The molecule has 7 nitrogen and oxygen atoms in total. The maximum absolute atomic E-state index is 12.7. The molecule has 7 heteroatoms. The quantitative estimate of drug-likeness (QED) is 0.276. The van der Waals surface area contributed by atoms with Crippen LogP contribution in [0.3, 0.4) is 0 Å². The van der Waals surface area contributed by atoms with Gasteiger partial charge in [-0.25, -0.2) is 11.7 Å². The summed E-state index contributed by atoms with van der Waals surface area (Å²) >= 11 is 0. The second-order valence-electron chi connectivity index (χ2n) is 4.37. The SMILES string of the molecule is NNC(=O)c1cccc(C(=O)NN)c1C(=O)c1ccccc1. The van der Waals surface area contributed by atoms with E-state index in [1.165, 1.54) is 18.2 Å². The molecule has 112 valence electrons. The number of ketones is 1. The summed E-state index contributed by atoms with van der Waals surface area (Å²) in [7, 11) is 0. The van der Waals surface area contributed by atoms with Crippen LogP contribution in [-0.4, -0.2) is 17.6 Å². The Hall–Kier alpha value is -3.03. The minimum absolute atomic E-state index is 0.00236. The van der Waals surface area contributed by atoms with Crippen molar-refractivity contribution in [3.63, 3.8) is 0 Å². The van der Waals surface area contributed by atoms with E-state index >= 15 is 0 Å². The molecule has 0 heterocycles. The standard InChI is InChI=1S/C15H14N4O3/c16-18-14(21)10-7-4-8-11(15(22)19-17)12(10)13(20)9-5-2-1-3-6-9/h1-8H,16-17H2,(H,18,21)(H,19,22). The van der Waals surface area contributed by atoms with Gasteiger partial charge in [0.25, 0.3) is 11.8 Å². The van der Waals surface area contributed by atoms with Crippen molar-refractivity contribution in [1.82, 2.24) is 10.9 Å². The number of nitrogens with two attached hydrogens (primary N) is 2. The van der Waals surface area contributed by atoms with E-state index < -0.39 is 17.6 Å². The lowest BCUT2D eigenvalue weighted by Crippen LogP contribution is -2.34. The third-order valence-corrected chi connectivity index (χ3v) is 3.08. The molecule has 0 bridgehead atoms. The van der Waals surface area contributed by atoms with Gasteiger partial charge in [0.05, 0.1) is 11.1 Å². The van der Waals surface area contributed by atoms with Crippen LogP contribution in [0.25, 0.3) is 0 Å². The lowest BCUT2D eigenvalue weighted by molar-refractivity contribution is 0.0933. The van der Waals surface area contributed by atoms with E-state index in [4.69, 9.17) is 11.7 Å². The molecule has 0 unspecified atom stereocenters. The van der Waals surface area contributed by atoms with Crippen molar-refractivity contribution in [2.45, 2.75) is 0 Å². The van der Waals surface area contributed by atoms with Crippen molar-refractivity contribution < 1.29 is 14.4 Å². The van der Waals surface area contributed by atoms with Gasteiger partial charge in [-0.2, -0.15) is 0 Å². The van der Waals surface area contributed by atoms with Gasteiger partial charge in [0.15, 0.2) is 5.78 Å². The second kappa shape index (κ2) is 6.61. The van der Waals surface area contributed by atoms with E-state index in [-0.39, 0.29) is 16.7 Å². The molecule has 0 spiro atoms. The summed E-state index contributed by atoms with van der Waals surface area (Å²) in [6, 6.07) is 12.6. The summed E-state index contributed by atoms with van der Waals surface area (Å²) in [4.78, 5) is 36.5. The highest BCUT2D eigenvalue weighted by molar-refractivity contribution is 6.20. The second-order valence-corrected chi connectivity index (χ2v) is 4.37. The molecule has 0 fully saturated rings. The molecule has 2 aromatic rings. The van der Waals surface area contributed by atoms with Crippen LogP contribution < -0.4 is 22.5 Å². The van der Waals surface area contributed by atoms with E-state index in [2.05, 4.69) is 0 Å². The minimum Gasteiger partial charge on any atom is -0.290 e. The van der Waals surface area contributed by atoms with Crippen LogP contribution in [-0.2, 0) is 0 Å². The number of carbonyl (C=O) groups excluding carboxylic acids is 3. The summed E-state index contributed by atoms with van der Waals surface area (Å²) < 4.78 is 0. The molecule has 0 radical (unpaired) electrons. The molecule has 6 N–H and O–H groups in total. The van der Waals surface area contributed by atoms with Gasteiger partial charge in [0, 0.05) is 11.1 Å². The molecule has 0 saturated carbocycles. The van der Waals surface area contributed by atoms with E-state index in [1.807, 2.05) is 10.9 Å². The van der Waals surface area contributed by atoms with Crippen molar-refractivity contribution in [1.29, 1.82) is 0 Å². The van der Waals surface area contributed by atoms with Crippen molar-refractivity contribution in [3.8, 4) is 0 Å². The molecule has 0 aliphatic heterocycles. The average Bonchev–Trinajstić information content (AvgIpc) is 2.59. The van der Waals surface area contributed by atoms with Crippen LogP contribution in [0.5, 0.6) is 0 Å². The smallest absolute Gasteiger partial charge is 0.265 e. The Bertz CT molecular complexity index is 695. The summed E-state index contributed by atoms with van der Waals surface area (Å²) in [6.45, 7) is 0. The molecule has 2 amide bonds. The van der Waals surface area contributed by atoms with E-state index in [1.54, 1.807) is 30.3 Å². The summed E-state index contributed by atoms with van der Waals surface area (Å²) in [5.41, 5.74) is 4.19. The number of benzene rings is 2. The van der Waals surface area contributed by atoms with Crippen molar-refractivity contribution in [2.75, 3.05) is 0 Å². The van der Waals surface area contributed by atoms with Crippen LogP contribution >= 0.6 is 0 Å². The van der Waals surface area contributed by atoms with Gasteiger partial charge in [-0.15, -0.1) is 0 Å². The van der Waals surface area contributed by atoms with Gasteiger partial charge in [0.1, 0.15) is 0 Å². The van der Waals surface area contributed by atoms with Crippen LogP contribution in [0, 0.1) is 0 Å². The number of hydrazine groups is 2. The number of hydrogen-bond donors (Lipinski definition) is 4. The first kappa shape index (κ1) is 15.4. The molecular formula is C15H14N4O3.